The molecule has 3 nitrogen and oxygen atoms in total. The van der Waals surface area contributed by atoms with Gasteiger partial charge in [0.1, 0.15) is 0 Å². The van der Waals surface area contributed by atoms with Gasteiger partial charge in [0.15, 0.2) is 0 Å². The molecule has 1 N–H and O–H groups in total. The average molecular weight is 269 g/mol. The lowest BCUT2D eigenvalue weighted by Gasteiger charge is -2.29. The lowest BCUT2D eigenvalue weighted by atomic mass is 10.1. The van der Waals surface area contributed by atoms with Crippen LogP contribution in [0.5, 0.6) is 0 Å². The van der Waals surface area contributed by atoms with Crippen LogP contribution in [0.1, 0.15) is 26.2 Å². The van der Waals surface area contributed by atoms with Crippen LogP contribution in [0.4, 0.5) is 5.69 Å². The Morgan fingerprint density at radius 3 is 2.80 bits per heavy atom. The van der Waals surface area contributed by atoms with Crippen LogP contribution in [0.25, 0.3) is 10.9 Å². The molecule has 1 aliphatic heterocycles. The van der Waals surface area contributed by atoms with E-state index in [4.69, 9.17) is 0 Å². The van der Waals surface area contributed by atoms with E-state index in [1.165, 1.54) is 43.4 Å². The van der Waals surface area contributed by atoms with Gasteiger partial charge in [-0.3, -0.25) is 4.98 Å². The Labute approximate surface area is 121 Å². The fourth-order valence-electron chi connectivity index (χ4n) is 3.06. The summed E-state index contributed by atoms with van der Waals surface area (Å²) in [6, 6.07) is 10.9. The van der Waals surface area contributed by atoms with E-state index in [0.29, 0.717) is 6.04 Å². The SMILES string of the molecule is CC(CN1CCCCC1)Nc1ccnc2ccccc12. The fourth-order valence-corrected chi connectivity index (χ4v) is 3.06. The molecule has 0 radical (unpaired) electrons. The largest absolute Gasteiger partial charge is 0.381 e. The van der Waals surface area contributed by atoms with Crippen LogP contribution < -0.4 is 5.32 Å². The molecule has 0 bridgehead atoms. The number of nitrogens with zero attached hydrogens (tertiary/aromatic N) is 2. The highest BCUT2D eigenvalue weighted by atomic mass is 15.1. The van der Waals surface area contributed by atoms with Gasteiger partial charge in [0.05, 0.1) is 5.52 Å². The van der Waals surface area contributed by atoms with Crippen molar-refractivity contribution in [3.63, 3.8) is 0 Å². The highest BCUT2D eigenvalue weighted by molar-refractivity contribution is 5.90. The fraction of sp³-hybridized carbons (Fsp3) is 0.471. The second-order valence-corrected chi connectivity index (χ2v) is 5.78. The molecular weight excluding hydrogens is 246 g/mol. The minimum absolute atomic E-state index is 0.457. The monoisotopic (exact) mass is 269 g/mol. The molecule has 0 saturated carbocycles. The van der Waals surface area contributed by atoms with Gasteiger partial charge >= 0.3 is 0 Å². The number of piperidine rings is 1. The minimum atomic E-state index is 0.457. The van der Waals surface area contributed by atoms with E-state index < -0.39 is 0 Å². The van der Waals surface area contributed by atoms with Crippen molar-refractivity contribution < 1.29 is 0 Å². The zero-order chi connectivity index (χ0) is 13.8. The first-order valence-electron chi connectivity index (χ1n) is 7.65. The van der Waals surface area contributed by atoms with Gasteiger partial charge in [-0.25, -0.2) is 0 Å². The van der Waals surface area contributed by atoms with Crippen molar-refractivity contribution in [2.45, 2.75) is 32.2 Å². The zero-order valence-electron chi connectivity index (χ0n) is 12.2. The summed E-state index contributed by atoms with van der Waals surface area (Å²) < 4.78 is 0. The third kappa shape index (κ3) is 3.10. The summed E-state index contributed by atoms with van der Waals surface area (Å²) in [5.74, 6) is 0. The molecule has 3 rings (SSSR count). The Bertz CT molecular complexity index is 556. The van der Waals surface area contributed by atoms with Gasteiger partial charge in [-0.1, -0.05) is 24.6 Å². The van der Waals surface area contributed by atoms with Crippen molar-refractivity contribution in [1.29, 1.82) is 0 Å². The van der Waals surface area contributed by atoms with Crippen LogP contribution in [0.2, 0.25) is 0 Å². The van der Waals surface area contributed by atoms with Crippen molar-refractivity contribution in [3.05, 3.63) is 36.5 Å². The summed E-state index contributed by atoms with van der Waals surface area (Å²) in [4.78, 5) is 6.99. The zero-order valence-corrected chi connectivity index (χ0v) is 12.2. The van der Waals surface area contributed by atoms with Gasteiger partial charge in [-0.2, -0.15) is 0 Å². The van der Waals surface area contributed by atoms with Crippen molar-refractivity contribution in [2.24, 2.45) is 0 Å². The van der Waals surface area contributed by atoms with E-state index in [1.54, 1.807) is 0 Å². The number of hydrogen-bond donors (Lipinski definition) is 1. The summed E-state index contributed by atoms with van der Waals surface area (Å²) >= 11 is 0. The summed E-state index contributed by atoms with van der Waals surface area (Å²) in [6.45, 7) is 5.90. The Morgan fingerprint density at radius 1 is 1.15 bits per heavy atom. The number of nitrogens with one attached hydrogen (secondary N) is 1. The molecule has 1 atom stereocenters. The van der Waals surface area contributed by atoms with Gasteiger partial charge < -0.3 is 10.2 Å². The smallest absolute Gasteiger partial charge is 0.0722 e. The predicted octanol–water partition coefficient (Wildman–Crippen LogP) is 3.52. The van der Waals surface area contributed by atoms with E-state index in [2.05, 4.69) is 46.4 Å². The Kier molecular flexibility index (Phi) is 4.16. The molecule has 0 aliphatic carbocycles. The molecular formula is C17H23N3. The highest BCUT2D eigenvalue weighted by Gasteiger charge is 2.13. The quantitative estimate of drug-likeness (QED) is 0.920. The molecule has 1 saturated heterocycles. The molecule has 1 aliphatic rings. The third-order valence-electron chi connectivity index (χ3n) is 4.03. The Balaban J connectivity index is 1.69. The maximum atomic E-state index is 4.41. The van der Waals surface area contributed by atoms with Crippen LogP contribution >= 0.6 is 0 Å². The first kappa shape index (κ1) is 13.4. The van der Waals surface area contributed by atoms with Crippen LogP contribution in [0.3, 0.4) is 0 Å². The van der Waals surface area contributed by atoms with Crippen molar-refractivity contribution in [3.8, 4) is 0 Å². The molecule has 2 aromatic rings. The summed E-state index contributed by atoms with van der Waals surface area (Å²) in [7, 11) is 0. The Hall–Kier alpha value is -1.61. The number of hydrogen-bond acceptors (Lipinski definition) is 3. The Morgan fingerprint density at radius 2 is 1.95 bits per heavy atom. The molecule has 1 unspecified atom stereocenters. The van der Waals surface area contributed by atoms with Crippen LogP contribution in [0.15, 0.2) is 36.5 Å². The molecule has 20 heavy (non-hydrogen) atoms. The van der Waals surface area contributed by atoms with Crippen LogP contribution in [-0.2, 0) is 0 Å². The van der Waals surface area contributed by atoms with Gasteiger partial charge in [-0.15, -0.1) is 0 Å². The molecule has 1 fully saturated rings. The van der Waals surface area contributed by atoms with E-state index in [0.717, 1.165) is 12.1 Å². The topological polar surface area (TPSA) is 28.2 Å². The number of aromatic nitrogens is 1. The molecule has 1 aromatic heterocycles. The number of para-hydroxylation sites is 1. The predicted molar refractivity (Wildman–Crippen MR) is 85.1 cm³/mol. The van der Waals surface area contributed by atoms with Crippen molar-refractivity contribution >= 4 is 16.6 Å². The standard InChI is InChI=1S/C17H23N3/c1-14(13-20-11-5-2-6-12-20)19-17-9-10-18-16-8-4-3-7-15(16)17/h3-4,7-10,14H,2,5-6,11-13H2,1H3,(H,18,19). The van der Waals surface area contributed by atoms with E-state index in [-0.39, 0.29) is 0 Å². The van der Waals surface area contributed by atoms with Crippen LogP contribution in [0, 0.1) is 0 Å². The first-order chi connectivity index (χ1) is 9.83. The maximum Gasteiger partial charge on any atom is 0.0722 e. The van der Waals surface area contributed by atoms with Gasteiger partial charge in [0.25, 0.3) is 0 Å². The number of benzene rings is 1. The van der Waals surface area contributed by atoms with E-state index in [1.807, 2.05) is 12.3 Å². The number of rotatable bonds is 4. The highest BCUT2D eigenvalue weighted by Crippen LogP contribution is 2.22. The molecule has 106 valence electrons. The lowest BCUT2D eigenvalue weighted by Crippen LogP contribution is -2.38. The number of anilines is 1. The minimum Gasteiger partial charge on any atom is -0.381 e. The summed E-state index contributed by atoms with van der Waals surface area (Å²) in [6.07, 6.45) is 5.99. The van der Waals surface area contributed by atoms with Gasteiger partial charge in [-0.05, 0) is 45.0 Å². The molecule has 0 amide bonds. The van der Waals surface area contributed by atoms with Crippen molar-refractivity contribution in [2.75, 3.05) is 25.0 Å². The maximum absolute atomic E-state index is 4.41. The summed E-state index contributed by atoms with van der Waals surface area (Å²) in [5, 5.41) is 4.86. The third-order valence-corrected chi connectivity index (χ3v) is 4.03. The number of likely N-dealkylation sites (tertiary alicyclic amines) is 1. The molecule has 0 spiro atoms. The second-order valence-electron chi connectivity index (χ2n) is 5.78. The average Bonchev–Trinajstić information content (AvgIpc) is 2.48. The van der Waals surface area contributed by atoms with E-state index in [9.17, 15) is 0 Å². The lowest BCUT2D eigenvalue weighted by molar-refractivity contribution is 0.223. The van der Waals surface area contributed by atoms with Crippen molar-refractivity contribution in [1.82, 2.24) is 9.88 Å². The van der Waals surface area contributed by atoms with Crippen LogP contribution in [-0.4, -0.2) is 35.6 Å². The molecule has 3 heteroatoms. The number of fused-ring (bicyclic) bond motifs is 1. The molecule has 1 aromatic carbocycles. The normalized spacial score (nSPS) is 18.1. The second kappa shape index (κ2) is 6.23. The van der Waals surface area contributed by atoms with Gasteiger partial charge in [0, 0.05) is 29.9 Å². The first-order valence-corrected chi connectivity index (χ1v) is 7.65. The molecule has 2 heterocycles. The van der Waals surface area contributed by atoms with Gasteiger partial charge in [0.2, 0.25) is 0 Å². The summed E-state index contributed by atoms with van der Waals surface area (Å²) in [5.41, 5.74) is 2.25. The number of pyridine rings is 1. The van der Waals surface area contributed by atoms with E-state index >= 15 is 0 Å².